The van der Waals surface area contributed by atoms with E-state index in [0.29, 0.717) is 28.7 Å². The Morgan fingerprint density at radius 2 is 2.10 bits per heavy atom. The molecule has 7 nitrogen and oxygen atoms in total. The monoisotopic (exact) mass is 410 g/mol. The van der Waals surface area contributed by atoms with Crippen molar-refractivity contribution in [1.82, 2.24) is 20.1 Å². The van der Waals surface area contributed by atoms with Crippen LogP contribution in [-0.4, -0.2) is 27.2 Å². The van der Waals surface area contributed by atoms with Gasteiger partial charge in [-0.3, -0.25) is 9.51 Å². The molecule has 0 atom stereocenters. The van der Waals surface area contributed by atoms with Crippen molar-refractivity contribution in [2.45, 2.75) is 31.6 Å². The Kier molecular flexibility index (Phi) is 4.03. The Morgan fingerprint density at radius 1 is 1.28 bits per heavy atom. The van der Waals surface area contributed by atoms with Crippen molar-refractivity contribution in [2.24, 2.45) is 0 Å². The first kappa shape index (κ1) is 18.0. The fraction of sp³-hybridized carbons (Fsp3) is 0.286. The predicted molar refractivity (Wildman–Crippen MR) is 110 cm³/mol. The zero-order valence-electron chi connectivity index (χ0n) is 16.0. The van der Waals surface area contributed by atoms with Crippen LogP contribution in [-0.2, 0) is 11.8 Å². The number of hydrogen-bond acceptors (Lipinski definition) is 5. The first-order valence-corrected chi connectivity index (χ1v) is 9.75. The fourth-order valence-corrected chi connectivity index (χ4v) is 4.02. The van der Waals surface area contributed by atoms with E-state index in [-0.39, 0.29) is 5.41 Å². The number of rotatable bonds is 5. The van der Waals surface area contributed by atoms with Crippen LogP contribution < -0.4 is 10.5 Å². The highest BCUT2D eigenvalue weighted by Gasteiger charge is 2.42. The summed E-state index contributed by atoms with van der Waals surface area (Å²) in [5.74, 6) is 0.365. The zero-order chi connectivity index (χ0) is 20.2. The second kappa shape index (κ2) is 6.49. The molecule has 0 unspecified atom stereocenters. The maximum Gasteiger partial charge on any atom is 0.439 e. The van der Waals surface area contributed by atoms with Crippen LogP contribution in [0.25, 0.3) is 22.4 Å². The van der Waals surface area contributed by atoms with Crippen LogP contribution in [0, 0.1) is 0 Å². The highest BCUT2D eigenvalue weighted by Crippen LogP contribution is 2.50. The Hall–Kier alpha value is -3.06. The third-order valence-corrected chi connectivity index (χ3v) is 5.93. The molecule has 0 radical (unpaired) electrons. The summed E-state index contributed by atoms with van der Waals surface area (Å²) < 4.78 is 9.98. The van der Waals surface area contributed by atoms with E-state index in [1.165, 1.54) is 11.3 Å². The Labute approximate surface area is 171 Å². The topological polar surface area (TPSA) is 96.8 Å². The molecular formula is C21H19ClN4O3. The van der Waals surface area contributed by atoms with Crippen LogP contribution in [0.1, 0.15) is 36.7 Å². The second-order valence-corrected chi connectivity index (χ2v) is 8.11. The number of halogens is 1. The lowest BCUT2D eigenvalue weighted by molar-refractivity contribution is 0.387. The van der Waals surface area contributed by atoms with Gasteiger partial charge in [-0.05, 0) is 36.6 Å². The van der Waals surface area contributed by atoms with Gasteiger partial charge in [0.2, 0.25) is 5.82 Å². The molecule has 8 heteroatoms. The molecule has 5 rings (SSSR count). The highest BCUT2D eigenvalue weighted by molar-refractivity contribution is 6.32. The number of benzene rings is 1. The Morgan fingerprint density at radius 3 is 2.79 bits per heavy atom. The number of H-pyrrole nitrogens is 2. The third kappa shape index (κ3) is 3.11. The first-order valence-electron chi connectivity index (χ1n) is 9.38. The molecule has 1 aliphatic rings. The van der Waals surface area contributed by atoms with E-state index in [9.17, 15) is 4.79 Å². The van der Waals surface area contributed by atoms with Crippen molar-refractivity contribution in [3.05, 3.63) is 62.9 Å². The average Bonchev–Trinajstić information content (AvgIpc) is 3.15. The molecule has 0 spiro atoms. The summed E-state index contributed by atoms with van der Waals surface area (Å²) in [4.78, 5) is 22.1. The Bertz CT molecular complexity index is 1280. The summed E-state index contributed by atoms with van der Waals surface area (Å²) in [5.41, 5.74) is 4.98. The molecule has 0 aliphatic heterocycles. The van der Waals surface area contributed by atoms with Crippen molar-refractivity contribution >= 4 is 22.5 Å². The summed E-state index contributed by atoms with van der Waals surface area (Å²) in [6.07, 6.45) is 2.92. The molecule has 4 aromatic rings. The molecule has 0 bridgehead atoms. The van der Waals surface area contributed by atoms with Gasteiger partial charge in [-0.25, -0.2) is 9.78 Å². The lowest BCUT2D eigenvalue weighted by Crippen LogP contribution is -2.05. The molecule has 29 heavy (non-hydrogen) atoms. The largest absolute Gasteiger partial charge is 0.495 e. The summed E-state index contributed by atoms with van der Waals surface area (Å²) in [6, 6.07) is 9.55. The summed E-state index contributed by atoms with van der Waals surface area (Å²) >= 11 is 6.42. The van der Waals surface area contributed by atoms with Gasteiger partial charge in [0.1, 0.15) is 11.4 Å². The van der Waals surface area contributed by atoms with E-state index in [1.54, 1.807) is 13.2 Å². The minimum absolute atomic E-state index is 0.142. The van der Waals surface area contributed by atoms with E-state index in [1.807, 2.05) is 24.3 Å². The lowest BCUT2D eigenvalue weighted by Gasteiger charge is -2.11. The van der Waals surface area contributed by atoms with Gasteiger partial charge in [0, 0.05) is 40.2 Å². The van der Waals surface area contributed by atoms with E-state index < -0.39 is 5.76 Å². The summed E-state index contributed by atoms with van der Waals surface area (Å²) in [5, 5.41) is 5.38. The number of aromatic amines is 2. The smallest absolute Gasteiger partial charge is 0.439 e. The third-order valence-electron chi connectivity index (χ3n) is 5.63. The maximum atomic E-state index is 11.3. The molecule has 1 fully saturated rings. The molecule has 1 aliphatic carbocycles. The molecule has 3 heterocycles. The zero-order valence-corrected chi connectivity index (χ0v) is 16.8. The number of hydrogen-bond donors (Lipinski definition) is 2. The Balaban J connectivity index is 1.61. The van der Waals surface area contributed by atoms with Crippen molar-refractivity contribution in [3.63, 3.8) is 0 Å². The highest BCUT2D eigenvalue weighted by atomic mass is 35.5. The summed E-state index contributed by atoms with van der Waals surface area (Å²) in [6.45, 7) is 2.27. The summed E-state index contributed by atoms with van der Waals surface area (Å²) in [7, 11) is 1.61. The number of fused-ring (bicyclic) bond motifs is 1. The molecule has 3 aromatic heterocycles. The number of aromatic nitrogens is 4. The van der Waals surface area contributed by atoms with E-state index in [2.05, 4.69) is 31.6 Å². The van der Waals surface area contributed by atoms with Crippen LogP contribution in [0.2, 0.25) is 5.02 Å². The van der Waals surface area contributed by atoms with Gasteiger partial charge in [0.05, 0.1) is 12.1 Å². The van der Waals surface area contributed by atoms with E-state index in [0.717, 1.165) is 29.4 Å². The lowest BCUT2D eigenvalue weighted by atomic mass is 9.96. The fourth-order valence-electron chi connectivity index (χ4n) is 3.78. The van der Waals surface area contributed by atoms with E-state index >= 15 is 0 Å². The predicted octanol–water partition coefficient (Wildman–Crippen LogP) is 4.21. The number of nitrogens with one attached hydrogen (secondary N) is 2. The quantitative estimate of drug-likeness (QED) is 0.513. The van der Waals surface area contributed by atoms with Crippen LogP contribution >= 0.6 is 11.6 Å². The van der Waals surface area contributed by atoms with Crippen molar-refractivity contribution in [3.8, 4) is 17.3 Å². The normalized spacial score (nSPS) is 15.0. The van der Waals surface area contributed by atoms with Crippen LogP contribution in [0.15, 0.2) is 39.6 Å². The molecule has 148 valence electrons. The number of pyridine rings is 1. The van der Waals surface area contributed by atoms with Crippen LogP contribution in [0.5, 0.6) is 5.75 Å². The van der Waals surface area contributed by atoms with Gasteiger partial charge in [0.25, 0.3) is 0 Å². The van der Waals surface area contributed by atoms with Gasteiger partial charge in [-0.1, -0.05) is 29.7 Å². The maximum absolute atomic E-state index is 11.3. The minimum Gasteiger partial charge on any atom is -0.495 e. The van der Waals surface area contributed by atoms with Gasteiger partial charge in [0.15, 0.2) is 0 Å². The van der Waals surface area contributed by atoms with Crippen LogP contribution in [0.3, 0.4) is 0 Å². The van der Waals surface area contributed by atoms with Gasteiger partial charge in [-0.15, -0.1) is 0 Å². The molecule has 0 saturated heterocycles. The first-order chi connectivity index (χ1) is 14.0. The second-order valence-electron chi connectivity index (χ2n) is 7.71. The van der Waals surface area contributed by atoms with Crippen molar-refractivity contribution < 1.29 is 9.26 Å². The SMILES string of the molecule is COc1cc2[nH]c(C3(C)CC3)c(Cc3cccc(-c4noc(=O)[nH]4)n3)c2cc1Cl. The van der Waals surface area contributed by atoms with E-state index in [4.69, 9.17) is 16.3 Å². The number of methoxy groups -OCH3 is 1. The molecule has 2 N–H and O–H groups in total. The number of ether oxygens (including phenoxy) is 1. The number of nitrogens with zero attached hydrogens (tertiary/aromatic N) is 2. The van der Waals surface area contributed by atoms with Crippen molar-refractivity contribution in [2.75, 3.05) is 7.11 Å². The standard InChI is InChI=1S/C21H19ClN4O3/c1-21(6-7-21)18-13(12-9-14(22)17(28-2)10-16(12)24-18)8-11-4-3-5-15(23-11)19-25-20(27)29-26-19/h3-5,9-10,24H,6-8H2,1-2H3,(H,25,26,27). The molecular weight excluding hydrogens is 392 g/mol. The minimum atomic E-state index is -0.601. The van der Waals surface area contributed by atoms with Gasteiger partial charge < -0.3 is 9.72 Å². The average molecular weight is 411 g/mol. The van der Waals surface area contributed by atoms with Gasteiger partial charge in [-0.2, -0.15) is 0 Å². The van der Waals surface area contributed by atoms with Crippen molar-refractivity contribution in [1.29, 1.82) is 0 Å². The molecule has 1 aromatic carbocycles. The van der Waals surface area contributed by atoms with Crippen LogP contribution in [0.4, 0.5) is 0 Å². The molecule has 1 saturated carbocycles. The molecule has 0 amide bonds. The van der Waals surface area contributed by atoms with Gasteiger partial charge >= 0.3 is 5.76 Å².